The van der Waals surface area contributed by atoms with E-state index in [-0.39, 0.29) is 5.41 Å². The molecule has 15 heavy (non-hydrogen) atoms. The maximum Gasteiger partial charge on any atom is 0.00428 e. The van der Waals surface area contributed by atoms with Gasteiger partial charge in [-0.15, -0.1) is 0 Å². The van der Waals surface area contributed by atoms with Gasteiger partial charge in [-0.3, -0.25) is 0 Å². The Balaban J connectivity index is 2.31. The molecule has 2 nitrogen and oxygen atoms in total. The average Bonchev–Trinajstić information content (AvgIpc) is 2.65. The Bertz CT molecular complexity index is 260. The van der Waals surface area contributed by atoms with E-state index in [1.54, 1.807) is 0 Å². The van der Waals surface area contributed by atoms with E-state index in [4.69, 9.17) is 0 Å². The normalized spacial score (nSPS) is 12.3. The molecule has 0 radical (unpaired) electrons. The first-order valence-electron chi connectivity index (χ1n) is 5.86. The zero-order chi connectivity index (χ0) is 11.3. The van der Waals surface area contributed by atoms with Gasteiger partial charge in [0, 0.05) is 12.4 Å². The van der Waals surface area contributed by atoms with Crippen molar-refractivity contribution in [1.82, 2.24) is 10.3 Å². The molecule has 0 atom stereocenters. The predicted molar refractivity (Wildman–Crippen MR) is 66.1 cm³/mol. The molecule has 0 unspecified atom stereocenters. The molecule has 1 aromatic rings. The maximum absolute atomic E-state index is 3.49. The van der Waals surface area contributed by atoms with Crippen LogP contribution in [0.3, 0.4) is 0 Å². The monoisotopic (exact) mass is 208 g/mol. The molecule has 2 N–H and O–H groups in total. The standard InChI is InChI=1S/C13H24N2/c1-11(2)9-15-8-6-13(3,4)12-5-7-14-10-12/h5,7,10-11,14-15H,6,8-9H2,1-4H3. The highest BCUT2D eigenvalue weighted by Gasteiger charge is 2.19. The summed E-state index contributed by atoms with van der Waals surface area (Å²) in [5, 5.41) is 3.49. The van der Waals surface area contributed by atoms with Crippen LogP contribution >= 0.6 is 0 Å². The highest BCUT2D eigenvalue weighted by molar-refractivity contribution is 5.19. The number of hydrogen-bond acceptors (Lipinski definition) is 1. The molecule has 86 valence electrons. The summed E-state index contributed by atoms with van der Waals surface area (Å²) in [6.45, 7) is 11.3. The van der Waals surface area contributed by atoms with E-state index in [1.165, 1.54) is 12.0 Å². The van der Waals surface area contributed by atoms with E-state index in [1.807, 2.05) is 6.20 Å². The van der Waals surface area contributed by atoms with Crippen LogP contribution in [0.1, 0.15) is 39.7 Å². The minimum absolute atomic E-state index is 0.268. The van der Waals surface area contributed by atoms with Crippen molar-refractivity contribution in [3.63, 3.8) is 0 Å². The number of hydrogen-bond donors (Lipinski definition) is 2. The number of rotatable bonds is 6. The van der Waals surface area contributed by atoms with Crippen LogP contribution in [-0.2, 0) is 5.41 Å². The Labute approximate surface area is 93.5 Å². The zero-order valence-corrected chi connectivity index (χ0v) is 10.4. The second-order valence-electron chi connectivity index (χ2n) is 5.33. The number of nitrogens with one attached hydrogen (secondary N) is 2. The van der Waals surface area contributed by atoms with Crippen LogP contribution in [0, 0.1) is 5.92 Å². The van der Waals surface area contributed by atoms with Crippen LogP contribution in [0.5, 0.6) is 0 Å². The Morgan fingerprint density at radius 3 is 2.67 bits per heavy atom. The van der Waals surface area contributed by atoms with Gasteiger partial charge in [-0.1, -0.05) is 27.7 Å². The summed E-state index contributed by atoms with van der Waals surface area (Å²) in [4.78, 5) is 3.12. The van der Waals surface area contributed by atoms with E-state index in [0.717, 1.165) is 19.0 Å². The summed E-state index contributed by atoms with van der Waals surface area (Å²) in [5.74, 6) is 0.736. The van der Waals surface area contributed by atoms with Crippen molar-refractivity contribution in [3.8, 4) is 0 Å². The molecule has 0 aliphatic carbocycles. The van der Waals surface area contributed by atoms with Gasteiger partial charge in [0.05, 0.1) is 0 Å². The topological polar surface area (TPSA) is 27.8 Å². The molecule has 0 aromatic carbocycles. The lowest BCUT2D eigenvalue weighted by molar-refractivity contribution is 0.442. The van der Waals surface area contributed by atoms with Gasteiger partial charge < -0.3 is 10.3 Å². The van der Waals surface area contributed by atoms with E-state index in [9.17, 15) is 0 Å². The quantitative estimate of drug-likeness (QED) is 0.691. The second kappa shape index (κ2) is 5.36. The highest BCUT2D eigenvalue weighted by Crippen LogP contribution is 2.25. The molecule has 1 heterocycles. The summed E-state index contributed by atoms with van der Waals surface area (Å²) in [6.07, 6.45) is 5.28. The van der Waals surface area contributed by atoms with Crippen molar-refractivity contribution in [3.05, 3.63) is 24.0 Å². The minimum Gasteiger partial charge on any atom is -0.367 e. The van der Waals surface area contributed by atoms with Gasteiger partial charge in [0.2, 0.25) is 0 Å². The molecule has 0 bridgehead atoms. The van der Waals surface area contributed by atoms with Crippen molar-refractivity contribution < 1.29 is 0 Å². The fourth-order valence-corrected chi connectivity index (χ4v) is 1.68. The van der Waals surface area contributed by atoms with E-state index in [2.05, 4.69) is 50.3 Å². The van der Waals surface area contributed by atoms with Gasteiger partial charge in [0.15, 0.2) is 0 Å². The number of aromatic amines is 1. The van der Waals surface area contributed by atoms with Crippen LogP contribution in [-0.4, -0.2) is 18.1 Å². The van der Waals surface area contributed by atoms with Crippen LogP contribution in [0.2, 0.25) is 0 Å². The zero-order valence-electron chi connectivity index (χ0n) is 10.4. The molecule has 0 aliphatic rings. The van der Waals surface area contributed by atoms with E-state index in [0.29, 0.717) is 0 Å². The molecule has 0 spiro atoms. The fraction of sp³-hybridized carbons (Fsp3) is 0.692. The van der Waals surface area contributed by atoms with Crippen LogP contribution in [0.15, 0.2) is 18.5 Å². The largest absolute Gasteiger partial charge is 0.367 e. The average molecular weight is 208 g/mol. The van der Waals surface area contributed by atoms with Gasteiger partial charge in [0.1, 0.15) is 0 Å². The second-order valence-corrected chi connectivity index (χ2v) is 5.33. The molecular formula is C13H24N2. The molecule has 1 rings (SSSR count). The van der Waals surface area contributed by atoms with Gasteiger partial charge in [-0.25, -0.2) is 0 Å². The van der Waals surface area contributed by atoms with E-state index >= 15 is 0 Å². The third-order valence-electron chi connectivity index (χ3n) is 2.86. The van der Waals surface area contributed by atoms with Crippen molar-refractivity contribution >= 4 is 0 Å². The van der Waals surface area contributed by atoms with Gasteiger partial charge in [-0.05, 0) is 42.5 Å². The summed E-state index contributed by atoms with van der Waals surface area (Å²) < 4.78 is 0. The summed E-state index contributed by atoms with van der Waals surface area (Å²) in [7, 11) is 0. The fourth-order valence-electron chi connectivity index (χ4n) is 1.68. The third-order valence-corrected chi connectivity index (χ3v) is 2.86. The summed E-state index contributed by atoms with van der Waals surface area (Å²) in [5.41, 5.74) is 1.66. The van der Waals surface area contributed by atoms with Gasteiger partial charge >= 0.3 is 0 Å². The van der Waals surface area contributed by atoms with Gasteiger partial charge in [-0.2, -0.15) is 0 Å². The van der Waals surface area contributed by atoms with E-state index < -0.39 is 0 Å². The summed E-state index contributed by atoms with van der Waals surface area (Å²) in [6, 6.07) is 2.17. The molecule has 0 saturated carbocycles. The molecule has 0 saturated heterocycles. The summed E-state index contributed by atoms with van der Waals surface area (Å²) >= 11 is 0. The Kier molecular flexibility index (Phi) is 4.40. The minimum atomic E-state index is 0.268. The molecule has 1 aromatic heterocycles. The Hall–Kier alpha value is -0.760. The lowest BCUT2D eigenvalue weighted by Gasteiger charge is -2.24. The van der Waals surface area contributed by atoms with Crippen LogP contribution < -0.4 is 5.32 Å². The first-order chi connectivity index (χ1) is 7.02. The first kappa shape index (κ1) is 12.3. The molecule has 0 aliphatic heterocycles. The Morgan fingerprint density at radius 2 is 2.13 bits per heavy atom. The smallest absolute Gasteiger partial charge is 0.00428 e. The molecule has 0 amide bonds. The van der Waals surface area contributed by atoms with Crippen molar-refractivity contribution in [2.45, 2.75) is 39.5 Å². The molecular weight excluding hydrogens is 184 g/mol. The third kappa shape index (κ3) is 4.08. The van der Waals surface area contributed by atoms with Crippen LogP contribution in [0.25, 0.3) is 0 Å². The van der Waals surface area contributed by atoms with Crippen molar-refractivity contribution in [2.24, 2.45) is 5.92 Å². The van der Waals surface area contributed by atoms with Crippen LogP contribution in [0.4, 0.5) is 0 Å². The molecule has 0 fully saturated rings. The number of aromatic nitrogens is 1. The highest BCUT2D eigenvalue weighted by atomic mass is 14.9. The van der Waals surface area contributed by atoms with Crippen molar-refractivity contribution in [2.75, 3.05) is 13.1 Å². The maximum atomic E-state index is 3.49. The lowest BCUT2D eigenvalue weighted by atomic mass is 9.83. The molecule has 2 heteroatoms. The SMILES string of the molecule is CC(C)CNCCC(C)(C)c1cc[nH]c1. The van der Waals surface area contributed by atoms with Crippen molar-refractivity contribution in [1.29, 1.82) is 0 Å². The predicted octanol–water partition coefficient (Wildman–Crippen LogP) is 2.93. The Morgan fingerprint density at radius 1 is 1.40 bits per heavy atom. The lowest BCUT2D eigenvalue weighted by Crippen LogP contribution is -2.27. The van der Waals surface area contributed by atoms with Gasteiger partial charge in [0.25, 0.3) is 0 Å². The first-order valence-corrected chi connectivity index (χ1v) is 5.86. The number of H-pyrrole nitrogens is 1.